The summed E-state index contributed by atoms with van der Waals surface area (Å²) in [6.07, 6.45) is -0.0869. The average Bonchev–Trinajstić information content (AvgIpc) is 2.42. The Kier molecular flexibility index (Phi) is 14.2. The molecule has 0 fully saturated rings. The Labute approximate surface area is 157 Å². The first-order valence-corrected chi connectivity index (χ1v) is 9.00. The molecule has 0 rings (SSSR count). The molecule has 0 radical (unpaired) electrons. The van der Waals surface area contributed by atoms with Crippen molar-refractivity contribution < 1.29 is 19.2 Å². The molecule has 4 amide bonds. The lowest BCUT2D eigenvalue weighted by atomic mass is 10.2. The number of hydrogen-bond donors (Lipinski definition) is 4. The second-order valence-corrected chi connectivity index (χ2v) is 7.22. The number of carbonyl (C=O) groups is 4. The van der Waals surface area contributed by atoms with E-state index in [0.29, 0.717) is 0 Å². The molecule has 0 saturated carbocycles. The van der Waals surface area contributed by atoms with Crippen molar-refractivity contribution in [3.8, 4) is 0 Å². The number of hydrogen-bond acceptors (Lipinski definition) is 4. The van der Waals surface area contributed by atoms with Crippen LogP contribution in [0.5, 0.6) is 0 Å². The molecule has 0 spiro atoms. The minimum absolute atomic E-state index is 0.0647. The SMILES string of the molecule is CC(C)NC(=O)CC(=O)NC(C)C.CC(C)NC(=O)CNC(=O)C(C)C. The number of rotatable bonds is 8. The van der Waals surface area contributed by atoms with Crippen LogP contribution in [0.15, 0.2) is 0 Å². The van der Waals surface area contributed by atoms with Crippen LogP contribution in [0.4, 0.5) is 0 Å². The van der Waals surface area contributed by atoms with Gasteiger partial charge >= 0.3 is 0 Å². The summed E-state index contributed by atoms with van der Waals surface area (Å²) < 4.78 is 0. The van der Waals surface area contributed by atoms with E-state index >= 15 is 0 Å². The molecule has 0 aliphatic rings. The van der Waals surface area contributed by atoms with E-state index in [9.17, 15) is 19.2 Å². The standard InChI is InChI=1S/2C9H18N2O2/c1-6(2)9(13)10-5-8(12)11-7(3)4;1-6(2)10-8(12)5-9(13)11-7(3)4/h6-7H,5H2,1-4H3,(H,10,13)(H,11,12);6-7H,5H2,1-4H3,(H,10,12)(H,11,13). The quantitative estimate of drug-likeness (QED) is 0.470. The molecular formula is C18H36N4O4. The predicted octanol–water partition coefficient (Wildman–Crippen LogP) is 0.709. The zero-order valence-corrected chi connectivity index (χ0v) is 17.4. The fraction of sp³-hybridized carbons (Fsp3) is 0.778. The van der Waals surface area contributed by atoms with E-state index in [-0.39, 0.29) is 60.6 Å². The van der Waals surface area contributed by atoms with Gasteiger partial charge in [-0.15, -0.1) is 0 Å². The molecule has 0 heterocycles. The van der Waals surface area contributed by atoms with Gasteiger partial charge in [0.2, 0.25) is 23.6 Å². The second kappa shape index (κ2) is 14.1. The fourth-order valence-electron chi connectivity index (χ4n) is 1.64. The van der Waals surface area contributed by atoms with Gasteiger partial charge in [-0.25, -0.2) is 0 Å². The van der Waals surface area contributed by atoms with Crippen LogP contribution in [-0.4, -0.2) is 48.3 Å². The van der Waals surface area contributed by atoms with Crippen LogP contribution >= 0.6 is 0 Å². The Morgan fingerprint density at radius 1 is 0.615 bits per heavy atom. The first-order valence-electron chi connectivity index (χ1n) is 9.00. The predicted molar refractivity (Wildman–Crippen MR) is 102 cm³/mol. The third kappa shape index (κ3) is 18.2. The fourth-order valence-corrected chi connectivity index (χ4v) is 1.64. The average molecular weight is 373 g/mol. The van der Waals surface area contributed by atoms with Gasteiger partial charge in [-0.3, -0.25) is 19.2 Å². The van der Waals surface area contributed by atoms with Crippen molar-refractivity contribution in [2.45, 2.75) is 79.9 Å². The maximum absolute atomic E-state index is 11.1. The van der Waals surface area contributed by atoms with E-state index in [1.54, 1.807) is 13.8 Å². The third-order valence-electron chi connectivity index (χ3n) is 2.62. The lowest BCUT2D eigenvalue weighted by Gasteiger charge is -2.10. The third-order valence-corrected chi connectivity index (χ3v) is 2.62. The molecule has 0 aliphatic heterocycles. The molecule has 0 aromatic carbocycles. The van der Waals surface area contributed by atoms with Gasteiger partial charge in [0.25, 0.3) is 0 Å². The monoisotopic (exact) mass is 372 g/mol. The number of nitrogens with one attached hydrogen (secondary N) is 4. The molecule has 8 heteroatoms. The van der Waals surface area contributed by atoms with Gasteiger partial charge < -0.3 is 21.3 Å². The molecule has 4 N–H and O–H groups in total. The molecule has 152 valence electrons. The Morgan fingerprint density at radius 2 is 0.962 bits per heavy atom. The summed E-state index contributed by atoms with van der Waals surface area (Å²) in [5.74, 6) is -0.781. The minimum Gasteiger partial charge on any atom is -0.353 e. The van der Waals surface area contributed by atoms with E-state index in [0.717, 1.165) is 0 Å². The lowest BCUT2D eigenvalue weighted by Crippen LogP contribution is -2.40. The van der Waals surface area contributed by atoms with Crippen LogP contribution in [0.25, 0.3) is 0 Å². The van der Waals surface area contributed by atoms with Crippen LogP contribution in [0.1, 0.15) is 61.8 Å². The summed E-state index contributed by atoms with van der Waals surface area (Å²) in [4.78, 5) is 44.2. The smallest absolute Gasteiger partial charge is 0.239 e. The molecule has 0 aromatic rings. The first kappa shape index (κ1) is 26.1. The zero-order chi connectivity index (χ0) is 20.9. The molecular weight excluding hydrogens is 336 g/mol. The molecule has 0 bridgehead atoms. The van der Waals surface area contributed by atoms with Gasteiger partial charge in [0.15, 0.2) is 0 Å². The zero-order valence-electron chi connectivity index (χ0n) is 17.4. The van der Waals surface area contributed by atoms with Gasteiger partial charge in [-0.05, 0) is 41.5 Å². The van der Waals surface area contributed by atoms with Crippen LogP contribution in [0.2, 0.25) is 0 Å². The maximum Gasteiger partial charge on any atom is 0.239 e. The van der Waals surface area contributed by atoms with Gasteiger partial charge in [-0.2, -0.15) is 0 Å². The van der Waals surface area contributed by atoms with E-state index in [1.165, 1.54) is 0 Å². The molecule has 26 heavy (non-hydrogen) atoms. The largest absolute Gasteiger partial charge is 0.353 e. The Morgan fingerprint density at radius 3 is 1.27 bits per heavy atom. The first-order chi connectivity index (χ1) is 11.8. The molecule has 0 atom stereocenters. The van der Waals surface area contributed by atoms with Gasteiger partial charge in [0.05, 0.1) is 6.54 Å². The van der Waals surface area contributed by atoms with Crippen LogP contribution < -0.4 is 21.3 Å². The van der Waals surface area contributed by atoms with Gasteiger partial charge in [0, 0.05) is 24.0 Å². The normalized spacial score (nSPS) is 10.3. The number of carbonyl (C=O) groups excluding carboxylic acids is 4. The summed E-state index contributed by atoms with van der Waals surface area (Å²) in [5.41, 5.74) is 0. The van der Waals surface area contributed by atoms with E-state index in [2.05, 4.69) is 21.3 Å². The van der Waals surface area contributed by atoms with Crippen molar-refractivity contribution in [2.75, 3.05) is 6.54 Å². The molecule has 0 aliphatic carbocycles. The summed E-state index contributed by atoms with van der Waals surface area (Å²) >= 11 is 0. The van der Waals surface area contributed by atoms with Crippen molar-refractivity contribution in [3.63, 3.8) is 0 Å². The number of amides is 4. The topological polar surface area (TPSA) is 116 Å². The molecule has 8 nitrogen and oxygen atoms in total. The summed E-state index contributed by atoms with van der Waals surface area (Å²) in [6.45, 7) is 14.8. The van der Waals surface area contributed by atoms with Crippen molar-refractivity contribution in [1.82, 2.24) is 21.3 Å². The van der Waals surface area contributed by atoms with Gasteiger partial charge in [-0.1, -0.05) is 13.8 Å². The van der Waals surface area contributed by atoms with Crippen LogP contribution in [0, 0.1) is 5.92 Å². The summed E-state index contributed by atoms with van der Waals surface area (Å²) in [6, 6.07) is 0.280. The van der Waals surface area contributed by atoms with E-state index in [1.807, 2.05) is 41.5 Å². The summed E-state index contributed by atoms with van der Waals surface area (Å²) in [5, 5.41) is 10.5. The van der Waals surface area contributed by atoms with E-state index in [4.69, 9.17) is 0 Å². The highest BCUT2D eigenvalue weighted by molar-refractivity contribution is 5.97. The lowest BCUT2D eigenvalue weighted by molar-refractivity contribution is -0.130. The van der Waals surface area contributed by atoms with E-state index < -0.39 is 0 Å². The Balaban J connectivity index is 0. The Bertz CT molecular complexity index is 440. The molecule has 0 saturated heterocycles. The maximum atomic E-state index is 11.1. The van der Waals surface area contributed by atoms with Crippen molar-refractivity contribution in [2.24, 2.45) is 5.92 Å². The van der Waals surface area contributed by atoms with Crippen molar-refractivity contribution in [1.29, 1.82) is 0 Å². The summed E-state index contributed by atoms with van der Waals surface area (Å²) in [7, 11) is 0. The van der Waals surface area contributed by atoms with Crippen LogP contribution in [0.3, 0.4) is 0 Å². The highest BCUT2D eigenvalue weighted by Crippen LogP contribution is 1.89. The highest BCUT2D eigenvalue weighted by atomic mass is 16.2. The second-order valence-electron chi connectivity index (χ2n) is 7.22. The van der Waals surface area contributed by atoms with Gasteiger partial charge in [0.1, 0.15) is 6.42 Å². The van der Waals surface area contributed by atoms with Crippen molar-refractivity contribution >= 4 is 23.6 Å². The van der Waals surface area contributed by atoms with Crippen molar-refractivity contribution in [3.05, 3.63) is 0 Å². The minimum atomic E-state index is -0.229. The Hall–Kier alpha value is -2.12. The molecule has 0 unspecified atom stereocenters. The highest BCUT2D eigenvalue weighted by Gasteiger charge is 2.10. The molecule has 0 aromatic heterocycles. The van der Waals surface area contributed by atoms with Crippen LogP contribution in [-0.2, 0) is 19.2 Å².